The van der Waals surface area contributed by atoms with E-state index in [9.17, 15) is 10.2 Å². The Hall–Kier alpha value is -1.12. The lowest BCUT2D eigenvalue weighted by molar-refractivity contribution is 0.0609. The molecule has 0 bridgehead atoms. The van der Waals surface area contributed by atoms with Crippen molar-refractivity contribution in [2.24, 2.45) is 29.1 Å². The monoisotopic (exact) mass is 398 g/mol. The number of allylic oxidation sites excluding steroid dienone is 6. The van der Waals surface area contributed by atoms with E-state index in [1.165, 1.54) is 43.3 Å². The standard InChI is InChI=1S/C27H42O2/c1-18(2)19(3)8-9-20(4)25-12-13-26-22(7-6-14-27(25,26)5)11-10-21-15-23(28)17-24(29)16-21/h8-11,19-20,23-26,28-29H,1,6-7,12-17H2,2-5H3/b9-8+,22-11+/t19-,20+,23+,24+,25?,26?,27+/m0/s1. The summed E-state index contributed by atoms with van der Waals surface area (Å²) in [5.74, 6) is 2.49. The first kappa shape index (κ1) is 22.6. The van der Waals surface area contributed by atoms with Gasteiger partial charge >= 0.3 is 0 Å². The van der Waals surface area contributed by atoms with Gasteiger partial charge in [-0.05, 0) is 87.4 Å². The summed E-state index contributed by atoms with van der Waals surface area (Å²) < 4.78 is 0. The number of aliphatic hydroxyl groups is 2. The molecule has 0 aromatic carbocycles. The number of rotatable bonds is 5. The van der Waals surface area contributed by atoms with Crippen LogP contribution in [0.3, 0.4) is 0 Å². The molecule has 0 aliphatic heterocycles. The van der Waals surface area contributed by atoms with Gasteiger partial charge in [0, 0.05) is 0 Å². The molecule has 2 unspecified atom stereocenters. The zero-order valence-corrected chi connectivity index (χ0v) is 19.0. The highest BCUT2D eigenvalue weighted by molar-refractivity contribution is 5.26. The molecule has 0 amide bonds. The number of hydrogen-bond donors (Lipinski definition) is 2. The first-order valence-electron chi connectivity index (χ1n) is 11.8. The van der Waals surface area contributed by atoms with Crippen molar-refractivity contribution in [2.75, 3.05) is 0 Å². The second-order valence-corrected chi connectivity index (χ2v) is 10.5. The third kappa shape index (κ3) is 5.14. The van der Waals surface area contributed by atoms with E-state index in [1.807, 2.05) is 0 Å². The van der Waals surface area contributed by atoms with Crippen molar-refractivity contribution in [3.8, 4) is 0 Å². The SMILES string of the molecule is C=C(C)[C@@H](C)/C=C/[C@@H](C)C1CCC2/C(=C/C=C3C[C@@H](O)C[C@H](O)C3)CCC[C@@]21C. The fourth-order valence-electron chi connectivity index (χ4n) is 6.31. The van der Waals surface area contributed by atoms with Gasteiger partial charge in [0.05, 0.1) is 12.2 Å². The highest BCUT2D eigenvalue weighted by Gasteiger charge is 2.50. The molecule has 2 N–H and O–H groups in total. The van der Waals surface area contributed by atoms with Gasteiger partial charge in [-0.3, -0.25) is 0 Å². The number of fused-ring (bicyclic) bond motifs is 1. The molecule has 162 valence electrons. The smallest absolute Gasteiger partial charge is 0.0602 e. The molecule has 3 saturated carbocycles. The van der Waals surface area contributed by atoms with E-state index >= 15 is 0 Å². The molecule has 0 heterocycles. The van der Waals surface area contributed by atoms with Crippen LogP contribution in [0.2, 0.25) is 0 Å². The molecular weight excluding hydrogens is 356 g/mol. The van der Waals surface area contributed by atoms with Gasteiger partial charge < -0.3 is 10.2 Å². The van der Waals surface area contributed by atoms with Crippen LogP contribution in [0.1, 0.15) is 79.1 Å². The largest absolute Gasteiger partial charge is 0.393 e. The summed E-state index contributed by atoms with van der Waals surface area (Å²) >= 11 is 0. The van der Waals surface area contributed by atoms with Crippen molar-refractivity contribution in [1.29, 1.82) is 0 Å². The van der Waals surface area contributed by atoms with Crippen LogP contribution in [-0.2, 0) is 0 Å². The normalized spacial score (nSPS) is 38.8. The van der Waals surface area contributed by atoms with Gasteiger partial charge in [-0.2, -0.15) is 0 Å². The van der Waals surface area contributed by atoms with Gasteiger partial charge in [-0.25, -0.2) is 0 Å². The summed E-state index contributed by atoms with van der Waals surface area (Å²) in [6.45, 7) is 13.4. The predicted octanol–water partition coefficient (Wildman–Crippen LogP) is 6.37. The van der Waals surface area contributed by atoms with Crippen molar-refractivity contribution in [3.05, 3.63) is 47.6 Å². The van der Waals surface area contributed by atoms with Crippen molar-refractivity contribution in [1.82, 2.24) is 0 Å². The third-order valence-electron chi connectivity index (χ3n) is 8.23. The van der Waals surface area contributed by atoms with E-state index in [-0.39, 0.29) is 12.2 Å². The fourth-order valence-corrected chi connectivity index (χ4v) is 6.31. The Bertz CT molecular complexity index is 673. The van der Waals surface area contributed by atoms with E-state index in [0.717, 1.165) is 5.92 Å². The van der Waals surface area contributed by atoms with Gasteiger partial charge in [-0.15, -0.1) is 0 Å². The molecule has 0 radical (unpaired) electrons. The van der Waals surface area contributed by atoms with Gasteiger partial charge in [0.25, 0.3) is 0 Å². The second kappa shape index (κ2) is 9.35. The first-order chi connectivity index (χ1) is 13.7. The van der Waals surface area contributed by atoms with Crippen molar-refractivity contribution in [3.63, 3.8) is 0 Å². The minimum Gasteiger partial charge on any atom is -0.393 e. The van der Waals surface area contributed by atoms with E-state index in [2.05, 4.69) is 58.6 Å². The average molecular weight is 399 g/mol. The molecule has 2 nitrogen and oxygen atoms in total. The zero-order chi connectivity index (χ0) is 21.2. The molecule has 2 heteroatoms. The molecule has 3 fully saturated rings. The highest BCUT2D eigenvalue weighted by Crippen LogP contribution is 2.59. The Kier molecular flexibility index (Phi) is 7.27. The summed E-state index contributed by atoms with van der Waals surface area (Å²) in [6, 6.07) is 0. The molecule has 3 rings (SSSR count). The molecule has 3 aliphatic rings. The van der Waals surface area contributed by atoms with Gasteiger partial charge in [0.15, 0.2) is 0 Å². The summed E-state index contributed by atoms with van der Waals surface area (Å²) in [6.07, 6.45) is 17.0. The Morgan fingerprint density at radius 3 is 2.45 bits per heavy atom. The zero-order valence-electron chi connectivity index (χ0n) is 19.0. The number of hydrogen-bond acceptors (Lipinski definition) is 2. The topological polar surface area (TPSA) is 40.5 Å². The van der Waals surface area contributed by atoms with E-state index < -0.39 is 0 Å². The van der Waals surface area contributed by atoms with Crippen molar-refractivity contribution >= 4 is 0 Å². The lowest BCUT2D eigenvalue weighted by Gasteiger charge is -2.44. The molecule has 7 atom stereocenters. The van der Waals surface area contributed by atoms with Crippen LogP contribution in [0.5, 0.6) is 0 Å². The van der Waals surface area contributed by atoms with E-state index in [4.69, 9.17) is 0 Å². The summed E-state index contributed by atoms with van der Waals surface area (Å²) in [5, 5.41) is 19.9. The Morgan fingerprint density at radius 2 is 1.79 bits per heavy atom. The summed E-state index contributed by atoms with van der Waals surface area (Å²) in [5.41, 5.74) is 4.44. The molecular formula is C27H42O2. The lowest BCUT2D eigenvalue weighted by Crippen LogP contribution is -2.35. The van der Waals surface area contributed by atoms with Crippen LogP contribution >= 0.6 is 0 Å². The number of aliphatic hydroxyl groups excluding tert-OH is 2. The van der Waals surface area contributed by atoms with Gasteiger partial charge in [-0.1, -0.05) is 68.4 Å². The van der Waals surface area contributed by atoms with Gasteiger partial charge in [0.2, 0.25) is 0 Å². The molecule has 29 heavy (non-hydrogen) atoms. The molecule has 0 saturated heterocycles. The van der Waals surface area contributed by atoms with Crippen LogP contribution in [0.25, 0.3) is 0 Å². The summed E-state index contributed by atoms with van der Waals surface area (Å²) in [4.78, 5) is 0. The van der Waals surface area contributed by atoms with Crippen LogP contribution in [-0.4, -0.2) is 22.4 Å². The van der Waals surface area contributed by atoms with Crippen molar-refractivity contribution < 1.29 is 10.2 Å². The second-order valence-electron chi connectivity index (χ2n) is 10.5. The van der Waals surface area contributed by atoms with Crippen LogP contribution in [0, 0.1) is 29.1 Å². The molecule has 0 aromatic rings. The molecule has 0 aromatic heterocycles. The minimum absolute atomic E-state index is 0.384. The highest BCUT2D eigenvalue weighted by atomic mass is 16.3. The lowest BCUT2D eigenvalue weighted by atomic mass is 9.61. The Morgan fingerprint density at radius 1 is 1.10 bits per heavy atom. The fraction of sp³-hybridized carbons (Fsp3) is 0.704. The quantitative estimate of drug-likeness (QED) is 0.529. The molecule has 0 spiro atoms. The van der Waals surface area contributed by atoms with Crippen LogP contribution in [0.4, 0.5) is 0 Å². The van der Waals surface area contributed by atoms with Crippen molar-refractivity contribution in [2.45, 2.75) is 91.3 Å². The minimum atomic E-state index is -0.384. The van der Waals surface area contributed by atoms with Crippen LogP contribution in [0.15, 0.2) is 47.6 Å². The third-order valence-corrected chi connectivity index (χ3v) is 8.23. The Labute approximate surface area is 178 Å². The maximum absolute atomic E-state index is 9.96. The predicted molar refractivity (Wildman–Crippen MR) is 122 cm³/mol. The van der Waals surface area contributed by atoms with E-state index in [1.54, 1.807) is 5.57 Å². The summed E-state index contributed by atoms with van der Waals surface area (Å²) in [7, 11) is 0. The molecule has 3 aliphatic carbocycles. The van der Waals surface area contributed by atoms with E-state index in [0.29, 0.717) is 42.4 Å². The average Bonchev–Trinajstić information content (AvgIpc) is 3.00. The van der Waals surface area contributed by atoms with Crippen LogP contribution < -0.4 is 0 Å². The first-order valence-corrected chi connectivity index (χ1v) is 11.8. The Balaban J connectivity index is 1.73. The maximum atomic E-state index is 9.96. The maximum Gasteiger partial charge on any atom is 0.0602 e. The van der Waals surface area contributed by atoms with Gasteiger partial charge in [0.1, 0.15) is 0 Å².